The zero-order valence-corrected chi connectivity index (χ0v) is 9.82. The monoisotopic (exact) mass is 247 g/mol. The quantitative estimate of drug-likeness (QED) is 0.510. The Morgan fingerprint density at radius 2 is 1.89 bits per heavy atom. The van der Waals surface area contributed by atoms with Crippen molar-refractivity contribution in [1.82, 2.24) is 0 Å². The predicted molar refractivity (Wildman–Crippen MR) is 67.0 cm³/mol. The number of fused-ring (bicyclic) bond motifs is 1. The minimum atomic E-state index is -1.46. The second kappa shape index (κ2) is 5.01. The first kappa shape index (κ1) is 12.3. The van der Waals surface area contributed by atoms with Crippen LogP contribution in [0.5, 0.6) is 5.75 Å². The van der Waals surface area contributed by atoms with Crippen molar-refractivity contribution in [3.05, 3.63) is 52.6 Å². The largest absolute Gasteiger partial charge is 0.427 e. The number of aliphatic hydroxyl groups excluding tert-OH is 1. The fourth-order valence-electron chi connectivity index (χ4n) is 1.75. The van der Waals surface area contributed by atoms with Gasteiger partial charge in [0.25, 0.3) is 0 Å². The third-order valence-electron chi connectivity index (χ3n) is 2.62. The van der Waals surface area contributed by atoms with Crippen molar-refractivity contribution in [3.63, 3.8) is 0 Å². The highest BCUT2D eigenvalue weighted by Crippen LogP contribution is 2.26. The van der Waals surface area contributed by atoms with Crippen LogP contribution in [-0.2, 0) is 0 Å². The Kier molecular flexibility index (Phi) is 3.43. The summed E-state index contributed by atoms with van der Waals surface area (Å²) in [6, 6.07) is 12.7. The SMILES string of the molecule is CC(O)[C@H](Oc1cccc2ccccc12)[N+](=O)[O-]. The minimum absolute atomic E-state index is 0.399. The van der Waals surface area contributed by atoms with Gasteiger partial charge in [0.2, 0.25) is 0 Å². The van der Waals surface area contributed by atoms with Crippen LogP contribution in [0.4, 0.5) is 0 Å². The highest BCUT2D eigenvalue weighted by molar-refractivity contribution is 5.88. The molecule has 2 aromatic carbocycles. The normalized spacial score (nSPS) is 14.1. The predicted octanol–water partition coefficient (Wildman–Crippen LogP) is 2.20. The Labute approximate surface area is 104 Å². The highest BCUT2D eigenvalue weighted by atomic mass is 16.7. The van der Waals surface area contributed by atoms with E-state index in [1.54, 1.807) is 12.1 Å². The van der Waals surface area contributed by atoms with Gasteiger partial charge in [-0.1, -0.05) is 36.4 Å². The van der Waals surface area contributed by atoms with Crippen LogP contribution in [0.3, 0.4) is 0 Å². The molecule has 0 heterocycles. The first-order chi connectivity index (χ1) is 8.59. The van der Waals surface area contributed by atoms with Crippen LogP contribution >= 0.6 is 0 Å². The average Bonchev–Trinajstić information content (AvgIpc) is 2.35. The maximum Gasteiger partial charge on any atom is 0.379 e. The summed E-state index contributed by atoms with van der Waals surface area (Å²) in [4.78, 5) is 10.2. The Balaban J connectivity index is 2.39. The molecule has 18 heavy (non-hydrogen) atoms. The molecule has 94 valence electrons. The van der Waals surface area contributed by atoms with Gasteiger partial charge in [-0.2, -0.15) is 0 Å². The lowest BCUT2D eigenvalue weighted by molar-refractivity contribution is -0.574. The van der Waals surface area contributed by atoms with Crippen LogP contribution in [0.2, 0.25) is 0 Å². The number of nitro groups is 1. The summed E-state index contributed by atoms with van der Waals surface area (Å²) in [6.45, 7) is 1.33. The van der Waals surface area contributed by atoms with Crippen molar-refractivity contribution < 1.29 is 14.8 Å². The van der Waals surface area contributed by atoms with Gasteiger partial charge in [0.15, 0.2) is 6.10 Å². The third kappa shape index (κ3) is 2.41. The number of benzene rings is 2. The summed E-state index contributed by atoms with van der Waals surface area (Å²) in [6.07, 6.45) is -2.64. The molecule has 1 N–H and O–H groups in total. The lowest BCUT2D eigenvalue weighted by Crippen LogP contribution is -2.36. The van der Waals surface area contributed by atoms with Crippen molar-refractivity contribution in [3.8, 4) is 5.75 Å². The number of hydrogen-bond acceptors (Lipinski definition) is 4. The van der Waals surface area contributed by atoms with Gasteiger partial charge >= 0.3 is 6.23 Å². The van der Waals surface area contributed by atoms with Crippen molar-refractivity contribution in [2.75, 3.05) is 0 Å². The zero-order chi connectivity index (χ0) is 13.1. The fraction of sp³-hybridized carbons (Fsp3) is 0.231. The van der Waals surface area contributed by atoms with Crippen LogP contribution in [0.25, 0.3) is 10.8 Å². The summed E-state index contributed by atoms with van der Waals surface area (Å²) in [5.74, 6) is 0.399. The second-order valence-corrected chi connectivity index (χ2v) is 4.01. The van der Waals surface area contributed by atoms with E-state index in [-0.39, 0.29) is 0 Å². The Morgan fingerprint density at radius 3 is 2.56 bits per heavy atom. The molecular formula is C13H13NO4. The maximum atomic E-state index is 10.8. The average molecular weight is 247 g/mol. The Morgan fingerprint density at radius 1 is 1.22 bits per heavy atom. The Hall–Kier alpha value is -2.14. The molecular weight excluding hydrogens is 234 g/mol. The van der Waals surface area contributed by atoms with Crippen LogP contribution in [-0.4, -0.2) is 22.4 Å². The van der Waals surface area contributed by atoms with Crippen LogP contribution < -0.4 is 4.74 Å². The van der Waals surface area contributed by atoms with Gasteiger partial charge in [0.1, 0.15) is 5.75 Å². The first-order valence-corrected chi connectivity index (χ1v) is 5.55. The van der Waals surface area contributed by atoms with E-state index in [9.17, 15) is 15.2 Å². The standard InChI is InChI=1S/C13H13NO4/c1-9(15)13(14(16)17)18-12-8-4-6-10-5-2-3-7-11(10)12/h2-9,13,15H,1H3/t9?,13-/m0/s1. The molecule has 0 spiro atoms. The fourth-order valence-corrected chi connectivity index (χ4v) is 1.75. The minimum Gasteiger partial charge on any atom is -0.427 e. The molecule has 1 unspecified atom stereocenters. The molecule has 0 saturated heterocycles. The van der Waals surface area contributed by atoms with Crippen LogP contribution in [0.1, 0.15) is 6.92 Å². The second-order valence-electron chi connectivity index (χ2n) is 4.01. The first-order valence-electron chi connectivity index (χ1n) is 5.55. The summed E-state index contributed by atoms with van der Waals surface area (Å²) in [5, 5.41) is 21.9. The molecule has 0 fully saturated rings. The van der Waals surface area contributed by atoms with Gasteiger partial charge in [-0.3, -0.25) is 10.1 Å². The summed E-state index contributed by atoms with van der Waals surface area (Å²) >= 11 is 0. The van der Waals surface area contributed by atoms with E-state index in [1.165, 1.54) is 6.92 Å². The number of rotatable bonds is 4. The van der Waals surface area contributed by atoms with E-state index in [0.717, 1.165) is 10.8 Å². The smallest absolute Gasteiger partial charge is 0.379 e. The van der Waals surface area contributed by atoms with Gasteiger partial charge in [-0.15, -0.1) is 0 Å². The lowest BCUT2D eigenvalue weighted by atomic mass is 10.1. The van der Waals surface area contributed by atoms with Gasteiger partial charge in [0, 0.05) is 5.39 Å². The van der Waals surface area contributed by atoms with Crippen molar-refractivity contribution in [1.29, 1.82) is 0 Å². The van der Waals surface area contributed by atoms with Crippen molar-refractivity contribution in [2.45, 2.75) is 19.3 Å². The molecule has 0 aliphatic carbocycles. The number of nitrogens with zero attached hydrogens (tertiary/aromatic N) is 1. The molecule has 0 aliphatic rings. The highest BCUT2D eigenvalue weighted by Gasteiger charge is 2.28. The molecule has 2 aromatic rings. The molecule has 0 aliphatic heterocycles. The van der Waals surface area contributed by atoms with Crippen molar-refractivity contribution in [2.24, 2.45) is 0 Å². The third-order valence-corrected chi connectivity index (χ3v) is 2.62. The number of hydrogen-bond donors (Lipinski definition) is 1. The topological polar surface area (TPSA) is 72.6 Å². The van der Waals surface area contributed by atoms with E-state index >= 15 is 0 Å². The lowest BCUT2D eigenvalue weighted by Gasteiger charge is -2.15. The van der Waals surface area contributed by atoms with Gasteiger partial charge in [-0.05, 0) is 18.4 Å². The van der Waals surface area contributed by atoms with Crippen molar-refractivity contribution >= 4 is 10.8 Å². The molecule has 0 radical (unpaired) electrons. The molecule has 0 bridgehead atoms. The number of aliphatic hydroxyl groups is 1. The molecule has 0 aromatic heterocycles. The van der Waals surface area contributed by atoms with E-state index < -0.39 is 17.3 Å². The molecule has 2 atom stereocenters. The van der Waals surface area contributed by atoms with Gasteiger partial charge in [-0.25, -0.2) is 0 Å². The maximum absolute atomic E-state index is 10.8. The zero-order valence-electron chi connectivity index (χ0n) is 9.82. The van der Waals surface area contributed by atoms with E-state index in [1.807, 2.05) is 30.3 Å². The van der Waals surface area contributed by atoms with Crippen LogP contribution in [0.15, 0.2) is 42.5 Å². The van der Waals surface area contributed by atoms with E-state index in [2.05, 4.69) is 0 Å². The molecule has 0 amide bonds. The van der Waals surface area contributed by atoms with Gasteiger partial charge < -0.3 is 9.84 Å². The summed E-state index contributed by atoms with van der Waals surface area (Å²) < 4.78 is 5.30. The van der Waals surface area contributed by atoms with E-state index in [0.29, 0.717) is 5.75 Å². The summed E-state index contributed by atoms with van der Waals surface area (Å²) in [7, 11) is 0. The molecule has 5 nitrogen and oxygen atoms in total. The van der Waals surface area contributed by atoms with Gasteiger partial charge in [0.05, 0.1) is 4.92 Å². The molecule has 2 rings (SSSR count). The molecule has 0 saturated carbocycles. The molecule has 5 heteroatoms. The van der Waals surface area contributed by atoms with Crippen LogP contribution in [0, 0.1) is 10.1 Å². The number of ether oxygens (including phenoxy) is 1. The summed E-state index contributed by atoms with van der Waals surface area (Å²) in [5.41, 5.74) is 0. The Bertz CT molecular complexity index is 562. The van der Waals surface area contributed by atoms with E-state index in [4.69, 9.17) is 4.74 Å².